The predicted octanol–water partition coefficient (Wildman–Crippen LogP) is 7.66. The Bertz CT molecular complexity index is 1080. The van der Waals surface area contributed by atoms with E-state index >= 15 is 0 Å². The predicted molar refractivity (Wildman–Crippen MR) is 118 cm³/mol. The first kappa shape index (κ1) is 17.6. The Kier molecular flexibility index (Phi) is 4.83. The molecule has 27 heavy (non-hydrogen) atoms. The lowest BCUT2D eigenvalue weighted by molar-refractivity contribution is 1.39. The molecule has 0 saturated carbocycles. The first-order chi connectivity index (χ1) is 13.1. The molecule has 0 radical (unpaired) electrons. The lowest BCUT2D eigenvalue weighted by Crippen LogP contribution is -1.87. The SMILES string of the molecule is CC(C)=C1C(/C=C/c2cccc(Cl)c2)=C(c2ccccc2)c2ccccc21. The van der Waals surface area contributed by atoms with E-state index in [1.807, 2.05) is 18.2 Å². The summed E-state index contributed by atoms with van der Waals surface area (Å²) in [6.45, 7) is 4.38. The maximum Gasteiger partial charge on any atom is 0.0411 e. The molecule has 0 saturated heterocycles. The molecule has 3 aromatic carbocycles. The number of hydrogen-bond acceptors (Lipinski definition) is 0. The molecule has 0 heterocycles. The van der Waals surface area contributed by atoms with Gasteiger partial charge in [-0.15, -0.1) is 0 Å². The zero-order valence-electron chi connectivity index (χ0n) is 15.5. The van der Waals surface area contributed by atoms with Crippen molar-refractivity contribution in [3.63, 3.8) is 0 Å². The third-order valence-electron chi connectivity index (χ3n) is 4.86. The van der Waals surface area contributed by atoms with Crippen molar-refractivity contribution in [2.24, 2.45) is 0 Å². The molecule has 0 spiro atoms. The number of rotatable bonds is 3. The smallest absolute Gasteiger partial charge is 0.0411 e. The highest BCUT2D eigenvalue weighted by Crippen LogP contribution is 2.46. The van der Waals surface area contributed by atoms with Crippen LogP contribution in [0.3, 0.4) is 0 Å². The lowest BCUT2D eigenvalue weighted by Gasteiger charge is -2.08. The largest absolute Gasteiger partial charge is 0.0843 e. The number of allylic oxidation sites excluding steroid dienone is 4. The molecule has 1 aliphatic rings. The van der Waals surface area contributed by atoms with Gasteiger partial charge in [-0.3, -0.25) is 0 Å². The summed E-state index contributed by atoms with van der Waals surface area (Å²) in [6.07, 6.45) is 4.38. The van der Waals surface area contributed by atoms with Crippen LogP contribution >= 0.6 is 11.6 Å². The molecule has 3 aromatic rings. The molecular formula is C26H21Cl. The van der Waals surface area contributed by atoms with Crippen LogP contribution in [0.2, 0.25) is 5.02 Å². The van der Waals surface area contributed by atoms with Crippen LogP contribution in [-0.4, -0.2) is 0 Å². The second-order valence-electron chi connectivity index (χ2n) is 6.96. The van der Waals surface area contributed by atoms with Crippen LogP contribution in [0.25, 0.3) is 17.2 Å². The van der Waals surface area contributed by atoms with Gasteiger partial charge in [-0.25, -0.2) is 0 Å². The van der Waals surface area contributed by atoms with Gasteiger partial charge in [0.15, 0.2) is 0 Å². The Morgan fingerprint density at radius 1 is 0.741 bits per heavy atom. The average Bonchev–Trinajstić information content (AvgIpc) is 3.01. The van der Waals surface area contributed by atoms with Crippen molar-refractivity contribution in [3.05, 3.63) is 123 Å². The molecule has 0 atom stereocenters. The average molecular weight is 369 g/mol. The van der Waals surface area contributed by atoms with Gasteiger partial charge in [0.25, 0.3) is 0 Å². The Hall–Kier alpha value is -2.83. The molecule has 4 rings (SSSR count). The maximum atomic E-state index is 6.16. The summed E-state index contributed by atoms with van der Waals surface area (Å²) in [4.78, 5) is 0. The molecule has 0 fully saturated rings. The van der Waals surface area contributed by atoms with Crippen molar-refractivity contribution in [1.29, 1.82) is 0 Å². The minimum absolute atomic E-state index is 0.756. The van der Waals surface area contributed by atoms with Crippen molar-refractivity contribution in [2.45, 2.75) is 13.8 Å². The third kappa shape index (κ3) is 3.41. The normalized spacial score (nSPS) is 13.4. The van der Waals surface area contributed by atoms with Crippen molar-refractivity contribution >= 4 is 28.8 Å². The first-order valence-electron chi connectivity index (χ1n) is 9.16. The fourth-order valence-electron chi connectivity index (χ4n) is 3.75. The van der Waals surface area contributed by atoms with Crippen LogP contribution in [-0.2, 0) is 0 Å². The van der Waals surface area contributed by atoms with Crippen molar-refractivity contribution in [2.75, 3.05) is 0 Å². The van der Waals surface area contributed by atoms with Crippen molar-refractivity contribution in [1.82, 2.24) is 0 Å². The molecule has 0 aliphatic heterocycles. The molecular weight excluding hydrogens is 348 g/mol. The summed E-state index contributed by atoms with van der Waals surface area (Å²) in [5.41, 5.74) is 10.1. The highest BCUT2D eigenvalue weighted by atomic mass is 35.5. The van der Waals surface area contributed by atoms with E-state index in [-0.39, 0.29) is 0 Å². The minimum Gasteiger partial charge on any atom is -0.0843 e. The van der Waals surface area contributed by atoms with E-state index in [1.165, 1.54) is 39.0 Å². The number of fused-ring (bicyclic) bond motifs is 1. The minimum atomic E-state index is 0.756. The monoisotopic (exact) mass is 368 g/mol. The molecule has 0 bridgehead atoms. The van der Waals surface area contributed by atoms with Crippen LogP contribution in [0.15, 0.2) is 96.1 Å². The molecule has 0 N–H and O–H groups in total. The van der Waals surface area contributed by atoms with Crippen LogP contribution in [0.4, 0.5) is 0 Å². The fraction of sp³-hybridized carbons (Fsp3) is 0.0769. The van der Waals surface area contributed by atoms with Gasteiger partial charge in [-0.2, -0.15) is 0 Å². The van der Waals surface area contributed by atoms with Gasteiger partial charge in [0, 0.05) is 5.02 Å². The summed E-state index contributed by atoms with van der Waals surface area (Å²) < 4.78 is 0. The van der Waals surface area contributed by atoms with E-state index in [0.717, 1.165) is 10.6 Å². The van der Waals surface area contributed by atoms with Gasteiger partial charge < -0.3 is 0 Å². The molecule has 1 heteroatoms. The second kappa shape index (κ2) is 7.42. The molecule has 0 unspecified atom stereocenters. The van der Waals surface area contributed by atoms with Gasteiger partial charge in [-0.05, 0) is 65.0 Å². The summed E-state index contributed by atoms with van der Waals surface area (Å²) in [7, 11) is 0. The van der Waals surface area contributed by atoms with Crippen LogP contribution < -0.4 is 0 Å². The molecule has 0 aromatic heterocycles. The summed E-state index contributed by atoms with van der Waals surface area (Å²) in [5.74, 6) is 0. The Morgan fingerprint density at radius 2 is 1.44 bits per heavy atom. The van der Waals surface area contributed by atoms with Crippen LogP contribution in [0, 0.1) is 0 Å². The Balaban J connectivity index is 1.94. The van der Waals surface area contributed by atoms with E-state index in [9.17, 15) is 0 Å². The van der Waals surface area contributed by atoms with E-state index in [2.05, 4.69) is 86.7 Å². The number of benzene rings is 3. The number of halogens is 1. The van der Waals surface area contributed by atoms with Gasteiger partial charge in [0.1, 0.15) is 0 Å². The van der Waals surface area contributed by atoms with E-state index < -0.39 is 0 Å². The summed E-state index contributed by atoms with van der Waals surface area (Å²) >= 11 is 6.16. The van der Waals surface area contributed by atoms with Gasteiger partial charge in [0.05, 0.1) is 0 Å². The zero-order valence-corrected chi connectivity index (χ0v) is 16.3. The van der Waals surface area contributed by atoms with Gasteiger partial charge in [0.2, 0.25) is 0 Å². The molecule has 132 valence electrons. The summed E-state index contributed by atoms with van der Waals surface area (Å²) in [5, 5.41) is 0.756. The standard InChI is InChI=1S/C26H21Cl/c1-18(2)25-22-13-6-7-14-23(22)26(20-10-4-3-5-11-20)24(25)16-15-19-9-8-12-21(27)17-19/h3-17H,1-2H3/b16-15+. The van der Waals surface area contributed by atoms with Gasteiger partial charge in [-0.1, -0.05) is 96.1 Å². The lowest BCUT2D eigenvalue weighted by atomic mass is 9.96. The highest BCUT2D eigenvalue weighted by Gasteiger charge is 2.26. The van der Waals surface area contributed by atoms with Gasteiger partial charge >= 0.3 is 0 Å². The summed E-state index contributed by atoms with van der Waals surface area (Å²) in [6, 6.07) is 27.3. The zero-order chi connectivity index (χ0) is 18.8. The van der Waals surface area contributed by atoms with E-state index in [4.69, 9.17) is 11.6 Å². The first-order valence-corrected chi connectivity index (χ1v) is 9.54. The highest BCUT2D eigenvalue weighted by molar-refractivity contribution is 6.30. The molecule has 1 aliphatic carbocycles. The quantitative estimate of drug-likeness (QED) is 0.445. The molecule has 0 nitrogen and oxygen atoms in total. The topological polar surface area (TPSA) is 0 Å². The van der Waals surface area contributed by atoms with Crippen LogP contribution in [0.1, 0.15) is 36.1 Å². The van der Waals surface area contributed by atoms with Crippen molar-refractivity contribution in [3.8, 4) is 0 Å². The van der Waals surface area contributed by atoms with E-state index in [0.29, 0.717) is 0 Å². The van der Waals surface area contributed by atoms with Crippen molar-refractivity contribution < 1.29 is 0 Å². The van der Waals surface area contributed by atoms with E-state index in [1.54, 1.807) is 0 Å². The Morgan fingerprint density at radius 3 is 2.15 bits per heavy atom. The van der Waals surface area contributed by atoms with Crippen LogP contribution in [0.5, 0.6) is 0 Å². The fourth-order valence-corrected chi connectivity index (χ4v) is 3.94. The number of hydrogen-bond donors (Lipinski definition) is 0. The third-order valence-corrected chi connectivity index (χ3v) is 5.09. The second-order valence-corrected chi connectivity index (χ2v) is 7.40. The Labute approximate surface area is 166 Å². The molecule has 0 amide bonds. The maximum absolute atomic E-state index is 6.16.